The monoisotopic (exact) mass is 285 g/mol. The van der Waals surface area contributed by atoms with Crippen molar-refractivity contribution >= 4 is 5.69 Å². The lowest BCUT2D eigenvalue weighted by Gasteiger charge is -2.27. The van der Waals surface area contributed by atoms with E-state index < -0.39 is 0 Å². The molecule has 0 fully saturated rings. The van der Waals surface area contributed by atoms with Gasteiger partial charge in [0.15, 0.2) is 0 Å². The van der Waals surface area contributed by atoms with Crippen molar-refractivity contribution in [3.8, 4) is 11.1 Å². The molecule has 1 aromatic carbocycles. The van der Waals surface area contributed by atoms with Crippen LogP contribution in [-0.2, 0) is 6.42 Å². The predicted molar refractivity (Wildman–Crippen MR) is 91.8 cm³/mol. The van der Waals surface area contributed by atoms with Gasteiger partial charge in [0.2, 0.25) is 0 Å². The highest BCUT2D eigenvalue weighted by atomic mass is 15.1. The molecule has 2 heterocycles. The Hall–Kier alpha value is -1.90. The van der Waals surface area contributed by atoms with E-state index >= 15 is 0 Å². The summed E-state index contributed by atoms with van der Waals surface area (Å²) >= 11 is 0. The first kappa shape index (κ1) is 17.2. The van der Waals surface area contributed by atoms with E-state index in [2.05, 4.69) is 40.1 Å². The van der Waals surface area contributed by atoms with Crippen LogP contribution in [0.2, 0.25) is 0 Å². The molecule has 1 aliphatic rings. The van der Waals surface area contributed by atoms with Gasteiger partial charge in [-0.15, -0.1) is 0 Å². The van der Waals surface area contributed by atoms with Gasteiger partial charge < -0.3 is 4.90 Å². The number of fused-ring (bicyclic) bond motifs is 1. The van der Waals surface area contributed by atoms with Gasteiger partial charge in [-0.3, -0.25) is 0 Å². The van der Waals surface area contributed by atoms with Gasteiger partial charge in [0.25, 0.3) is 0 Å². The summed E-state index contributed by atoms with van der Waals surface area (Å²) in [4.78, 5) is 10.5. The Balaban J connectivity index is 0.000000510. The highest BCUT2D eigenvalue weighted by Crippen LogP contribution is 2.30. The lowest BCUT2D eigenvalue weighted by molar-refractivity contribution is 0.745. The Morgan fingerprint density at radius 3 is 2.29 bits per heavy atom. The fourth-order valence-electron chi connectivity index (χ4n) is 2.41. The second-order valence-corrected chi connectivity index (χ2v) is 4.50. The standard InChI is InChI=1S/C14H15N3.2C2H6/c1-17-6-2-3-12-7-11(4-5-14(12)17)13-8-15-10-16-9-13;2*1-2/h4-5,7-10H,2-3,6H2,1H3;2*1-2H3. The summed E-state index contributed by atoms with van der Waals surface area (Å²) in [6.07, 6.45) is 7.69. The van der Waals surface area contributed by atoms with E-state index in [9.17, 15) is 0 Å². The molecule has 1 aliphatic heterocycles. The third-order valence-corrected chi connectivity index (χ3v) is 3.32. The molecular weight excluding hydrogens is 258 g/mol. The van der Waals surface area contributed by atoms with Crippen molar-refractivity contribution in [3.63, 3.8) is 0 Å². The maximum absolute atomic E-state index is 4.07. The molecule has 0 aliphatic carbocycles. The van der Waals surface area contributed by atoms with E-state index in [0.29, 0.717) is 0 Å². The van der Waals surface area contributed by atoms with Gasteiger partial charge in [-0.05, 0) is 36.1 Å². The van der Waals surface area contributed by atoms with Crippen molar-refractivity contribution in [3.05, 3.63) is 42.5 Å². The van der Waals surface area contributed by atoms with E-state index in [1.807, 2.05) is 40.1 Å². The van der Waals surface area contributed by atoms with E-state index in [1.54, 1.807) is 6.33 Å². The highest BCUT2D eigenvalue weighted by molar-refractivity contribution is 5.68. The second-order valence-electron chi connectivity index (χ2n) is 4.50. The van der Waals surface area contributed by atoms with Crippen molar-refractivity contribution in [1.82, 2.24) is 9.97 Å². The minimum atomic E-state index is 1.09. The van der Waals surface area contributed by atoms with E-state index in [0.717, 1.165) is 12.1 Å². The molecule has 0 saturated heterocycles. The summed E-state index contributed by atoms with van der Waals surface area (Å²) in [6.45, 7) is 9.15. The van der Waals surface area contributed by atoms with Gasteiger partial charge >= 0.3 is 0 Å². The average Bonchev–Trinajstić information content (AvgIpc) is 2.59. The number of anilines is 1. The molecule has 0 unspecified atom stereocenters. The zero-order valence-electron chi connectivity index (χ0n) is 13.9. The number of aromatic nitrogens is 2. The third-order valence-electron chi connectivity index (χ3n) is 3.32. The van der Waals surface area contributed by atoms with Crippen molar-refractivity contribution in [2.75, 3.05) is 18.5 Å². The molecule has 0 bridgehead atoms. The Morgan fingerprint density at radius 1 is 0.952 bits per heavy atom. The van der Waals surface area contributed by atoms with Crippen LogP contribution >= 0.6 is 0 Å². The maximum atomic E-state index is 4.07. The van der Waals surface area contributed by atoms with Gasteiger partial charge in [0, 0.05) is 37.2 Å². The van der Waals surface area contributed by atoms with E-state index in [4.69, 9.17) is 0 Å². The van der Waals surface area contributed by atoms with Crippen molar-refractivity contribution < 1.29 is 0 Å². The van der Waals surface area contributed by atoms with Gasteiger partial charge in [-0.2, -0.15) is 0 Å². The second kappa shape index (κ2) is 9.11. The molecule has 0 N–H and O–H groups in total. The molecule has 21 heavy (non-hydrogen) atoms. The molecule has 3 nitrogen and oxygen atoms in total. The summed E-state index contributed by atoms with van der Waals surface area (Å²) in [7, 11) is 2.16. The van der Waals surface area contributed by atoms with Crippen LogP contribution in [0.5, 0.6) is 0 Å². The van der Waals surface area contributed by atoms with E-state index in [1.165, 1.54) is 29.7 Å². The number of aryl methyl sites for hydroxylation is 1. The van der Waals surface area contributed by atoms with Crippen LogP contribution in [0, 0.1) is 0 Å². The minimum absolute atomic E-state index is 1.09. The molecule has 2 aromatic rings. The summed E-state index contributed by atoms with van der Waals surface area (Å²) in [5.74, 6) is 0. The summed E-state index contributed by atoms with van der Waals surface area (Å²) in [5.41, 5.74) is 5.08. The Labute approximate surface area is 129 Å². The zero-order valence-corrected chi connectivity index (χ0v) is 13.9. The first-order valence-electron chi connectivity index (χ1n) is 7.94. The summed E-state index contributed by atoms with van der Waals surface area (Å²) < 4.78 is 0. The number of hydrogen-bond acceptors (Lipinski definition) is 3. The fraction of sp³-hybridized carbons (Fsp3) is 0.444. The minimum Gasteiger partial charge on any atom is -0.374 e. The van der Waals surface area contributed by atoms with Crippen LogP contribution in [0.3, 0.4) is 0 Å². The smallest absolute Gasteiger partial charge is 0.115 e. The van der Waals surface area contributed by atoms with Gasteiger partial charge in [0.1, 0.15) is 6.33 Å². The molecule has 0 atom stereocenters. The number of hydrogen-bond donors (Lipinski definition) is 0. The van der Waals surface area contributed by atoms with Crippen LogP contribution in [0.1, 0.15) is 39.7 Å². The van der Waals surface area contributed by atoms with Crippen LogP contribution in [0.25, 0.3) is 11.1 Å². The van der Waals surface area contributed by atoms with Crippen molar-refractivity contribution in [1.29, 1.82) is 0 Å². The van der Waals surface area contributed by atoms with Crippen LogP contribution < -0.4 is 4.90 Å². The lowest BCUT2D eigenvalue weighted by atomic mass is 9.97. The predicted octanol–water partition coefficient (Wildman–Crippen LogP) is 4.58. The zero-order chi connectivity index (χ0) is 15.7. The summed E-state index contributed by atoms with van der Waals surface area (Å²) in [6, 6.07) is 6.62. The average molecular weight is 285 g/mol. The summed E-state index contributed by atoms with van der Waals surface area (Å²) in [5, 5.41) is 0. The number of rotatable bonds is 1. The molecule has 0 radical (unpaired) electrons. The van der Waals surface area contributed by atoms with Gasteiger partial charge in [0.05, 0.1) is 0 Å². The number of benzene rings is 1. The molecular formula is C18H27N3. The number of nitrogens with zero attached hydrogens (tertiary/aromatic N) is 3. The van der Waals surface area contributed by atoms with E-state index in [-0.39, 0.29) is 0 Å². The quantitative estimate of drug-likeness (QED) is 0.768. The topological polar surface area (TPSA) is 29.0 Å². The largest absolute Gasteiger partial charge is 0.374 e. The molecule has 0 spiro atoms. The van der Waals surface area contributed by atoms with Gasteiger partial charge in [-0.25, -0.2) is 9.97 Å². The first-order chi connectivity index (χ1) is 10.3. The SMILES string of the molecule is CC.CC.CN1CCCc2cc(-c3cncnc3)ccc21. The molecule has 3 rings (SSSR count). The van der Waals surface area contributed by atoms with Crippen molar-refractivity contribution in [2.45, 2.75) is 40.5 Å². The molecule has 0 saturated carbocycles. The molecule has 1 aromatic heterocycles. The van der Waals surface area contributed by atoms with Crippen LogP contribution in [0.15, 0.2) is 36.9 Å². The fourth-order valence-corrected chi connectivity index (χ4v) is 2.41. The molecule has 0 amide bonds. The van der Waals surface area contributed by atoms with Crippen LogP contribution in [-0.4, -0.2) is 23.6 Å². The molecule has 3 heteroatoms. The maximum Gasteiger partial charge on any atom is 0.115 e. The highest BCUT2D eigenvalue weighted by Gasteiger charge is 2.13. The third kappa shape index (κ3) is 4.28. The van der Waals surface area contributed by atoms with Crippen molar-refractivity contribution in [2.24, 2.45) is 0 Å². The lowest BCUT2D eigenvalue weighted by Crippen LogP contribution is -2.24. The first-order valence-corrected chi connectivity index (χ1v) is 7.94. The normalized spacial score (nSPS) is 12.3. The Bertz CT molecular complexity index is 523. The molecule has 114 valence electrons. The van der Waals surface area contributed by atoms with Gasteiger partial charge in [-0.1, -0.05) is 33.8 Å². The van der Waals surface area contributed by atoms with Crippen LogP contribution in [0.4, 0.5) is 5.69 Å². The Morgan fingerprint density at radius 2 is 1.62 bits per heavy atom. The Kier molecular flexibility index (Phi) is 7.44.